The summed E-state index contributed by atoms with van der Waals surface area (Å²) in [5.74, 6) is -1.01. The molecule has 0 bridgehead atoms. The molecule has 2 rings (SSSR count). The molecule has 0 amide bonds. The average Bonchev–Trinajstić information content (AvgIpc) is 2.90. The van der Waals surface area contributed by atoms with E-state index in [0.29, 0.717) is 6.42 Å². The van der Waals surface area contributed by atoms with E-state index in [-0.39, 0.29) is 11.7 Å². The molecule has 0 aliphatic rings. The lowest BCUT2D eigenvalue weighted by molar-refractivity contribution is 0.520. The van der Waals surface area contributed by atoms with Crippen molar-refractivity contribution in [3.63, 3.8) is 0 Å². The summed E-state index contributed by atoms with van der Waals surface area (Å²) in [5.41, 5.74) is 1.69. The topological polar surface area (TPSA) is 42.7 Å². The van der Waals surface area contributed by atoms with Crippen LogP contribution in [0.1, 0.15) is 44.6 Å². The molecule has 0 spiro atoms. The Bertz CT molecular complexity index is 610. The van der Waals surface area contributed by atoms with Crippen molar-refractivity contribution >= 4 is 0 Å². The van der Waals surface area contributed by atoms with Gasteiger partial charge >= 0.3 is 0 Å². The third-order valence-electron chi connectivity index (χ3n) is 3.45. The van der Waals surface area contributed by atoms with Gasteiger partial charge in [0.1, 0.15) is 23.0 Å². The quantitative estimate of drug-likeness (QED) is 0.890. The van der Waals surface area contributed by atoms with Gasteiger partial charge in [-0.1, -0.05) is 26.0 Å². The van der Waals surface area contributed by atoms with Crippen LogP contribution in [-0.2, 0) is 6.42 Å². The summed E-state index contributed by atoms with van der Waals surface area (Å²) in [7, 11) is 0. The molecule has 0 radical (unpaired) electrons. The molecule has 0 fully saturated rings. The molecule has 1 heterocycles. The Morgan fingerprint density at radius 1 is 1.24 bits per heavy atom. The molecule has 0 saturated carbocycles. The standard InChI is InChI=1S/C15H20F2N4/c1-4-12(18-6-3)15-13(5-2)21(20-19-15)14-9-10(16)7-8-11(14)17/h7-9,12,18H,4-6H2,1-3H3. The number of hydrogen-bond donors (Lipinski definition) is 1. The van der Waals surface area contributed by atoms with Crippen molar-refractivity contribution < 1.29 is 8.78 Å². The average molecular weight is 294 g/mol. The molecule has 4 nitrogen and oxygen atoms in total. The van der Waals surface area contributed by atoms with E-state index in [1.165, 1.54) is 4.68 Å². The van der Waals surface area contributed by atoms with Gasteiger partial charge in [-0.05, 0) is 31.5 Å². The van der Waals surface area contributed by atoms with E-state index in [1.54, 1.807) is 0 Å². The summed E-state index contributed by atoms with van der Waals surface area (Å²) < 4.78 is 28.7. The SMILES string of the molecule is CCNC(CC)c1nnn(-c2cc(F)ccc2F)c1CC. The van der Waals surface area contributed by atoms with Crippen molar-refractivity contribution in [2.24, 2.45) is 0 Å². The molecule has 0 aliphatic carbocycles. The van der Waals surface area contributed by atoms with Crippen molar-refractivity contribution in [3.8, 4) is 5.69 Å². The van der Waals surface area contributed by atoms with Gasteiger partial charge in [-0.25, -0.2) is 13.5 Å². The Labute approximate surface area is 123 Å². The number of hydrogen-bond acceptors (Lipinski definition) is 3. The first-order valence-corrected chi connectivity index (χ1v) is 7.25. The molecular formula is C15H20F2N4. The van der Waals surface area contributed by atoms with Crippen LogP contribution in [-0.4, -0.2) is 21.5 Å². The predicted molar refractivity (Wildman–Crippen MR) is 77.4 cm³/mol. The Kier molecular flexibility index (Phi) is 5.01. The maximum absolute atomic E-state index is 13.9. The second kappa shape index (κ2) is 6.76. The zero-order valence-electron chi connectivity index (χ0n) is 12.5. The molecule has 21 heavy (non-hydrogen) atoms. The van der Waals surface area contributed by atoms with E-state index < -0.39 is 11.6 Å². The molecule has 1 atom stereocenters. The monoisotopic (exact) mass is 294 g/mol. The first-order chi connectivity index (χ1) is 10.1. The first kappa shape index (κ1) is 15.6. The molecule has 6 heteroatoms. The number of aromatic nitrogens is 3. The van der Waals surface area contributed by atoms with Crippen molar-refractivity contribution in [1.29, 1.82) is 0 Å². The molecule has 114 valence electrons. The van der Waals surface area contributed by atoms with Crippen molar-refractivity contribution in [1.82, 2.24) is 20.3 Å². The fourth-order valence-electron chi connectivity index (χ4n) is 2.44. The van der Waals surface area contributed by atoms with E-state index in [1.807, 2.05) is 13.8 Å². The third kappa shape index (κ3) is 3.10. The van der Waals surface area contributed by atoms with Gasteiger partial charge in [-0.3, -0.25) is 0 Å². The minimum absolute atomic E-state index is 0.0651. The van der Waals surface area contributed by atoms with Crippen LogP contribution in [0.25, 0.3) is 5.69 Å². The predicted octanol–water partition coefficient (Wildman–Crippen LogP) is 3.17. The van der Waals surface area contributed by atoms with Gasteiger partial charge in [0, 0.05) is 6.07 Å². The highest BCUT2D eigenvalue weighted by molar-refractivity contribution is 5.36. The van der Waals surface area contributed by atoms with Gasteiger partial charge in [0.15, 0.2) is 0 Å². The van der Waals surface area contributed by atoms with Crippen LogP contribution < -0.4 is 5.32 Å². The summed E-state index contributed by atoms with van der Waals surface area (Å²) >= 11 is 0. The van der Waals surface area contributed by atoms with E-state index in [0.717, 1.165) is 42.6 Å². The van der Waals surface area contributed by atoms with Crippen LogP contribution >= 0.6 is 0 Å². The van der Waals surface area contributed by atoms with Gasteiger partial charge in [-0.2, -0.15) is 0 Å². The van der Waals surface area contributed by atoms with Crippen LogP contribution in [0.15, 0.2) is 18.2 Å². The zero-order valence-corrected chi connectivity index (χ0v) is 12.5. The Balaban J connectivity index is 2.51. The second-order valence-corrected chi connectivity index (χ2v) is 4.80. The number of rotatable bonds is 6. The third-order valence-corrected chi connectivity index (χ3v) is 3.45. The van der Waals surface area contributed by atoms with Gasteiger partial charge in [0.2, 0.25) is 0 Å². The fourth-order valence-corrected chi connectivity index (χ4v) is 2.44. The molecular weight excluding hydrogens is 274 g/mol. The lowest BCUT2D eigenvalue weighted by Gasteiger charge is -2.15. The molecule has 0 saturated heterocycles. The van der Waals surface area contributed by atoms with Gasteiger partial charge in [0.05, 0.1) is 11.7 Å². The van der Waals surface area contributed by atoms with Gasteiger partial charge in [0.25, 0.3) is 0 Å². The lowest BCUT2D eigenvalue weighted by atomic mass is 10.1. The normalized spacial score (nSPS) is 12.6. The first-order valence-electron chi connectivity index (χ1n) is 7.25. The van der Waals surface area contributed by atoms with Crippen molar-refractivity contribution in [3.05, 3.63) is 41.2 Å². The minimum atomic E-state index is -0.515. The molecule has 1 unspecified atom stereocenters. The number of benzene rings is 1. The summed E-state index contributed by atoms with van der Waals surface area (Å²) in [5, 5.41) is 11.5. The zero-order chi connectivity index (χ0) is 15.4. The number of nitrogens with one attached hydrogen (secondary N) is 1. The Hall–Kier alpha value is -1.82. The molecule has 0 aliphatic heterocycles. The van der Waals surface area contributed by atoms with Crippen LogP contribution in [0.2, 0.25) is 0 Å². The molecule has 2 aromatic rings. The molecule has 1 N–H and O–H groups in total. The van der Waals surface area contributed by atoms with Crippen LogP contribution in [0.5, 0.6) is 0 Å². The largest absolute Gasteiger partial charge is 0.309 e. The highest BCUT2D eigenvalue weighted by atomic mass is 19.1. The van der Waals surface area contributed by atoms with E-state index in [9.17, 15) is 8.78 Å². The summed E-state index contributed by atoms with van der Waals surface area (Å²) in [6.45, 7) is 6.83. The van der Waals surface area contributed by atoms with Crippen LogP contribution in [0.3, 0.4) is 0 Å². The lowest BCUT2D eigenvalue weighted by Crippen LogP contribution is -2.22. The summed E-state index contributed by atoms with van der Waals surface area (Å²) in [6.07, 6.45) is 1.49. The molecule has 1 aromatic carbocycles. The van der Waals surface area contributed by atoms with E-state index in [4.69, 9.17) is 0 Å². The second-order valence-electron chi connectivity index (χ2n) is 4.80. The smallest absolute Gasteiger partial charge is 0.149 e. The van der Waals surface area contributed by atoms with E-state index in [2.05, 4.69) is 22.6 Å². The van der Waals surface area contributed by atoms with Crippen molar-refractivity contribution in [2.45, 2.75) is 39.7 Å². The highest BCUT2D eigenvalue weighted by Gasteiger charge is 2.21. The molecule has 1 aromatic heterocycles. The number of halogens is 2. The minimum Gasteiger partial charge on any atom is -0.309 e. The fraction of sp³-hybridized carbons (Fsp3) is 0.467. The summed E-state index contributed by atoms with van der Waals surface area (Å²) in [6, 6.07) is 3.40. The Morgan fingerprint density at radius 2 is 2.00 bits per heavy atom. The number of nitrogens with zero attached hydrogens (tertiary/aromatic N) is 3. The van der Waals surface area contributed by atoms with Gasteiger partial charge in [-0.15, -0.1) is 5.10 Å². The maximum Gasteiger partial charge on any atom is 0.149 e. The Morgan fingerprint density at radius 3 is 2.62 bits per heavy atom. The maximum atomic E-state index is 13.9. The summed E-state index contributed by atoms with van der Waals surface area (Å²) in [4.78, 5) is 0. The van der Waals surface area contributed by atoms with Gasteiger partial charge < -0.3 is 5.32 Å². The van der Waals surface area contributed by atoms with Crippen molar-refractivity contribution in [2.75, 3.05) is 6.54 Å². The van der Waals surface area contributed by atoms with E-state index >= 15 is 0 Å². The van der Waals surface area contributed by atoms with Crippen LogP contribution in [0.4, 0.5) is 8.78 Å². The van der Waals surface area contributed by atoms with Crippen LogP contribution in [0, 0.1) is 11.6 Å². The highest BCUT2D eigenvalue weighted by Crippen LogP contribution is 2.23.